The van der Waals surface area contributed by atoms with Crippen molar-refractivity contribution in [3.8, 4) is 0 Å². The van der Waals surface area contributed by atoms with Gasteiger partial charge >= 0.3 is 35.5 Å². The number of carbonyl (C=O) groups excluding carboxylic acids is 1. The number of hydrogen-bond acceptors (Lipinski definition) is 5. The van der Waals surface area contributed by atoms with Crippen LogP contribution in [0, 0.1) is 0 Å². The normalized spacial score (nSPS) is 6.73. The Morgan fingerprint density at radius 3 is 1.45 bits per heavy atom. The largest absolute Gasteiger partial charge is 1.00 e. The average Bonchev–Trinajstić information content (AvgIpc) is 1.89. The van der Waals surface area contributed by atoms with Gasteiger partial charge in [-0.05, 0) is 0 Å². The standard InChI is InChI=1S/2C2H4O2S.Na/c2*3-2(4)1-5;/h2*5H,1H2,(H,3,4);/q;;+1/p-1. The first-order valence-electron chi connectivity index (χ1n) is 2.18. The van der Waals surface area contributed by atoms with Crippen LogP contribution in [-0.2, 0) is 9.59 Å². The number of aliphatic carboxylic acids is 2. The summed E-state index contributed by atoms with van der Waals surface area (Å²) in [5.74, 6) is -2.29. The summed E-state index contributed by atoms with van der Waals surface area (Å²) in [5.41, 5.74) is 0. The molecule has 1 N–H and O–H groups in total. The van der Waals surface area contributed by atoms with Crippen LogP contribution < -0.4 is 34.7 Å². The molecule has 0 aromatic heterocycles. The van der Waals surface area contributed by atoms with E-state index < -0.39 is 11.9 Å². The number of carboxylic acid groups (broad SMARTS) is 2. The number of carbonyl (C=O) groups is 2. The molecule has 11 heavy (non-hydrogen) atoms. The van der Waals surface area contributed by atoms with E-state index in [1.54, 1.807) is 0 Å². The van der Waals surface area contributed by atoms with E-state index in [2.05, 4.69) is 25.3 Å². The molecule has 0 aromatic carbocycles. The molecule has 0 unspecified atom stereocenters. The van der Waals surface area contributed by atoms with Crippen LogP contribution in [0.25, 0.3) is 0 Å². The van der Waals surface area contributed by atoms with Crippen molar-refractivity contribution in [2.24, 2.45) is 0 Å². The molecule has 0 aliphatic carbocycles. The van der Waals surface area contributed by atoms with Crippen molar-refractivity contribution in [1.82, 2.24) is 0 Å². The average molecular weight is 206 g/mol. The molecule has 0 aromatic rings. The number of hydrogen-bond donors (Lipinski definition) is 3. The molecule has 0 rings (SSSR count). The molecule has 0 heterocycles. The van der Waals surface area contributed by atoms with Gasteiger partial charge in [0.15, 0.2) is 0 Å². The predicted octanol–water partition coefficient (Wildman–Crippen LogP) is -4.33. The van der Waals surface area contributed by atoms with E-state index in [0.29, 0.717) is 0 Å². The van der Waals surface area contributed by atoms with Crippen LogP contribution in [0.2, 0.25) is 0 Å². The first-order chi connectivity index (χ1) is 4.54. The fourth-order valence-electron chi connectivity index (χ4n) is 0. The van der Waals surface area contributed by atoms with Crippen LogP contribution in [0.5, 0.6) is 0 Å². The minimum atomic E-state index is -1.13. The Balaban J connectivity index is -0.000000107. The van der Waals surface area contributed by atoms with Gasteiger partial charge in [0.1, 0.15) is 0 Å². The second-order valence-corrected chi connectivity index (χ2v) is 1.71. The van der Waals surface area contributed by atoms with Gasteiger partial charge in [-0.15, -0.1) is 0 Å². The van der Waals surface area contributed by atoms with Crippen LogP contribution in [0.3, 0.4) is 0 Å². The Morgan fingerprint density at radius 1 is 1.27 bits per heavy atom. The maximum Gasteiger partial charge on any atom is 1.00 e. The zero-order valence-electron chi connectivity index (χ0n) is 5.98. The fourth-order valence-corrected chi connectivity index (χ4v) is 0. The number of thiol groups is 2. The van der Waals surface area contributed by atoms with Crippen LogP contribution in [0.4, 0.5) is 0 Å². The van der Waals surface area contributed by atoms with Gasteiger partial charge in [-0.3, -0.25) is 4.79 Å². The van der Waals surface area contributed by atoms with Crippen LogP contribution in [-0.4, -0.2) is 28.6 Å². The second-order valence-electron chi connectivity index (χ2n) is 1.08. The molecule has 4 nitrogen and oxygen atoms in total. The molecule has 7 heteroatoms. The molecule has 0 spiro atoms. The molecule has 0 fully saturated rings. The monoisotopic (exact) mass is 206 g/mol. The van der Waals surface area contributed by atoms with Gasteiger partial charge in [0.2, 0.25) is 0 Å². The van der Waals surface area contributed by atoms with Crippen molar-refractivity contribution in [2.45, 2.75) is 0 Å². The van der Waals surface area contributed by atoms with E-state index in [4.69, 9.17) is 5.11 Å². The summed E-state index contributed by atoms with van der Waals surface area (Å²) in [4.78, 5) is 18.5. The Kier molecular flexibility index (Phi) is 21.3. The minimum Gasteiger partial charge on any atom is -0.549 e. The summed E-state index contributed by atoms with van der Waals surface area (Å²) < 4.78 is 0. The molecular formula is C4H7NaO4S2. The molecule has 0 atom stereocenters. The molecule has 0 radical (unpaired) electrons. The first kappa shape index (κ1) is 17.7. The van der Waals surface area contributed by atoms with Gasteiger partial charge in [-0.1, -0.05) is 0 Å². The second kappa shape index (κ2) is 13.2. The van der Waals surface area contributed by atoms with E-state index in [1.807, 2.05) is 0 Å². The van der Waals surface area contributed by atoms with Crippen molar-refractivity contribution in [3.05, 3.63) is 0 Å². The van der Waals surface area contributed by atoms with Crippen molar-refractivity contribution >= 4 is 37.2 Å². The van der Waals surface area contributed by atoms with Crippen molar-refractivity contribution in [3.63, 3.8) is 0 Å². The Bertz CT molecular complexity index is 105. The molecule has 0 aliphatic heterocycles. The molecule has 0 bridgehead atoms. The Morgan fingerprint density at radius 2 is 1.45 bits per heavy atom. The van der Waals surface area contributed by atoms with Gasteiger partial charge in [0.25, 0.3) is 0 Å². The Hall–Kier alpha value is 0.640. The van der Waals surface area contributed by atoms with E-state index in [1.165, 1.54) is 0 Å². The van der Waals surface area contributed by atoms with Gasteiger partial charge in [-0.2, -0.15) is 25.3 Å². The van der Waals surface area contributed by atoms with Gasteiger partial charge in [-0.25, -0.2) is 0 Å². The predicted molar refractivity (Wildman–Crippen MR) is 40.3 cm³/mol. The zero-order chi connectivity index (χ0) is 8.57. The van der Waals surface area contributed by atoms with E-state index in [9.17, 15) is 14.7 Å². The maximum absolute atomic E-state index is 9.29. The van der Waals surface area contributed by atoms with E-state index in [0.717, 1.165) is 0 Å². The third kappa shape index (κ3) is 36.9. The summed E-state index contributed by atoms with van der Waals surface area (Å²) in [6.45, 7) is 0. The van der Waals surface area contributed by atoms with Crippen LogP contribution in [0.1, 0.15) is 0 Å². The molecule has 0 saturated carbocycles. The summed E-state index contributed by atoms with van der Waals surface area (Å²) in [6.07, 6.45) is 0. The number of rotatable bonds is 2. The topological polar surface area (TPSA) is 77.4 Å². The van der Waals surface area contributed by atoms with Crippen molar-refractivity contribution in [2.75, 3.05) is 11.5 Å². The minimum absolute atomic E-state index is 0. The first-order valence-corrected chi connectivity index (χ1v) is 3.44. The summed E-state index contributed by atoms with van der Waals surface area (Å²) in [7, 11) is 0. The van der Waals surface area contributed by atoms with Crippen molar-refractivity contribution < 1.29 is 49.4 Å². The third-order valence-corrected chi connectivity index (χ3v) is 0.793. The SMILES string of the molecule is O=C(O)CS.O=C([O-])CS.[Na+]. The smallest absolute Gasteiger partial charge is 0.549 e. The maximum atomic E-state index is 9.29. The van der Waals surface area contributed by atoms with E-state index >= 15 is 0 Å². The van der Waals surface area contributed by atoms with Crippen LogP contribution in [0.15, 0.2) is 0 Å². The van der Waals surface area contributed by atoms with Crippen LogP contribution >= 0.6 is 25.3 Å². The molecule has 0 aliphatic rings. The summed E-state index contributed by atoms with van der Waals surface area (Å²) in [5, 5.41) is 16.8. The molecule has 0 saturated heterocycles. The third-order valence-electron chi connectivity index (χ3n) is 0.264. The fraction of sp³-hybridized carbons (Fsp3) is 0.500. The van der Waals surface area contributed by atoms with Gasteiger partial charge in [0.05, 0.1) is 11.7 Å². The molecule has 60 valence electrons. The molecule has 0 amide bonds. The van der Waals surface area contributed by atoms with Crippen molar-refractivity contribution in [1.29, 1.82) is 0 Å². The molecular weight excluding hydrogens is 199 g/mol. The van der Waals surface area contributed by atoms with Gasteiger partial charge in [0, 0.05) is 5.75 Å². The zero-order valence-corrected chi connectivity index (χ0v) is 9.77. The van der Waals surface area contributed by atoms with Gasteiger partial charge < -0.3 is 15.0 Å². The summed E-state index contributed by atoms with van der Waals surface area (Å²) in [6, 6.07) is 0. The quantitative estimate of drug-likeness (QED) is 0.315. The summed E-state index contributed by atoms with van der Waals surface area (Å²) >= 11 is 6.77. The van der Waals surface area contributed by atoms with E-state index in [-0.39, 0.29) is 41.1 Å². The Labute approximate surface area is 97.5 Å². The number of carboxylic acids is 2.